The van der Waals surface area contributed by atoms with Gasteiger partial charge in [0.1, 0.15) is 11.1 Å². The van der Waals surface area contributed by atoms with Crippen LogP contribution in [0.3, 0.4) is 0 Å². The first-order valence-electron chi connectivity index (χ1n) is 8.07. The molecule has 0 unspecified atom stereocenters. The van der Waals surface area contributed by atoms with Crippen LogP contribution in [-0.2, 0) is 13.0 Å². The largest absolute Gasteiger partial charge is 0.389 e. The average molecular weight is 370 g/mol. The highest BCUT2D eigenvalue weighted by Crippen LogP contribution is 2.43. The average Bonchev–Trinajstić information content (AvgIpc) is 2.89. The Kier molecular flexibility index (Phi) is 4.89. The molecular weight excluding hydrogens is 350 g/mol. The minimum Gasteiger partial charge on any atom is -0.389 e. The van der Waals surface area contributed by atoms with Crippen LogP contribution in [0.1, 0.15) is 33.6 Å². The van der Waals surface area contributed by atoms with Crippen LogP contribution in [0.5, 0.6) is 0 Å². The Labute approximate surface area is 157 Å². The van der Waals surface area contributed by atoms with Crippen LogP contribution in [0.15, 0.2) is 36.6 Å². The topological polar surface area (TPSA) is 53.1 Å². The van der Waals surface area contributed by atoms with E-state index in [0.29, 0.717) is 10.6 Å². The Morgan fingerprint density at radius 2 is 2.20 bits per heavy atom. The van der Waals surface area contributed by atoms with E-state index in [0.717, 1.165) is 51.6 Å². The SMILES string of the molecule is C=C1CCc2c(sc(N)c2C#N)/C1=C/N(C)Cc1ccc(Cl)c(C)c1. The Bertz CT molecular complexity index is 918. The predicted molar refractivity (Wildman–Crippen MR) is 107 cm³/mol. The predicted octanol–water partition coefficient (Wildman–Crippen LogP) is 5.14. The van der Waals surface area contributed by atoms with Gasteiger partial charge in [0.2, 0.25) is 0 Å². The molecule has 3 nitrogen and oxygen atoms in total. The van der Waals surface area contributed by atoms with Crippen LogP contribution in [0, 0.1) is 18.3 Å². The summed E-state index contributed by atoms with van der Waals surface area (Å²) in [5.74, 6) is 0. The van der Waals surface area contributed by atoms with Crippen LogP contribution in [-0.4, -0.2) is 11.9 Å². The zero-order valence-corrected chi connectivity index (χ0v) is 16.0. The van der Waals surface area contributed by atoms with Gasteiger partial charge in [0.05, 0.1) is 5.56 Å². The van der Waals surface area contributed by atoms with E-state index in [9.17, 15) is 5.26 Å². The molecule has 0 saturated carbocycles. The number of allylic oxidation sites excluding steroid dienone is 2. The highest BCUT2D eigenvalue weighted by Gasteiger charge is 2.25. The van der Waals surface area contributed by atoms with Crippen LogP contribution in [0.4, 0.5) is 5.00 Å². The number of aryl methyl sites for hydroxylation is 1. The summed E-state index contributed by atoms with van der Waals surface area (Å²) >= 11 is 7.59. The molecule has 0 fully saturated rings. The number of rotatable bonds is 3. The second kappa shape index (κ2) is 6.95. The molecule has 1 aromatic heterocycles. The first-order valence-corrected chi connectivity index (χ1v) is 9.27. The Morgan fingerprint density at radius 3 is 2.88 bits per heavy atom. The number of hydrogen-bond acceptors (Lipinski definition) is 4. The van der Waals surface area contributed by atoms with Crippen molar-refractivity contribution in [2.24, 2.45) is 0 Å². The summed E-state index contributed by atoms with van der Waals surface area (Å²) in [4.78, 5) is 3.23. The maximum Gasteiger partial charge on any atom is 0.105 e. The van der Waals surface area contributed by atoms with E-state index < -0.39 is 0 Å². The summed E-state index contributed by atoms with van der Waals surface area (Å²) in [6.45, 7) is 7.00. The summed E-state index contributed by atoms with van der Waals surface area (Å²) in [6, 6.07) is 8.33. The molecule has 3 rings (SSSR count). The number of nitrogens with two attached hydrogens (primary N) is 1. The third-order valence-electron chi connectivity index (χ3n) is 4.45. The molecule has 25 heavy (non-hydrogen) atoms. The fourth-order valence-electron chi connectivity index (χ4n) is 3.14. The Hall–Kier alpha value is -2.22. The lowest BCUT2D eigenvalue weighted by molar-refractivity contribution is 0.452. The maximum atomic E-state index is 9.35. The van der Waals surface area contributed by atoms with E-state index in [1.807, 2.05) is 26.1 Å². The normalized spacial score (nSPS) is 15.1. The molecule has 1 aliphatic rings. The highest BCUT2D eigenvalue weighted by atomic mass is 35.5. The number of thiophene rings is 1. The summed E-state index contributed by atoms with van der Waals surface area (Å²) < 4.78 is 0. The number of benzene rings is 1. The fraction of sp³-hybridized carbons (Fsp3) is 0.250. The molecule has 2 aromatic rings. The van der Waals surface area contributed by atoms with Crippen molar-refractivity contribution >= 4 is 33.5 Å². The molecule has 2 N–H and O–H groups in total. The van der Waals surface area contributed by atoms with Crippen molar-refractivity contribution in [1.29, 1.82) is 5.26 Å². The zero-order chi connectivity index (χ0) is 18.1. The highest BCUT2D eigenvalue weighted by molar-refractivity contribution is 7.17. The number of halogens is 1. The van der Waals surface area contributed by atoms with Gasteiger partial charge in [0.25, 0.3) is 0 Å². The van der Waals surface area contributed by atoms with Gasteiger partial charge in [-0.1, -0.05) is 30.3 Å². The van der Waals surface area contributed by atoms with Gasteiger partial charge < -0.3 is 10.6 Å². The van der Waals surface area contributed by atoms with Crippen molar-refractivity contribution in [3.8, 4) is 6.07 Å². The van der Waals surface area contributed by atoms with Gasteiger partial charge in [0, 0.05) is 35.3 Å². The molecule has 0 spiro atoms. The number of anilines is 1. The van der Waals surface area contributed by atoms with E-state index >= 15 is 0 Å². The number of fused-ring (bicyclic) bond motifs is 1. The monoisotopic (exact) mass is 369 g/mol. The summed E-state index contributed by atoms with van der Waals surface area (Å²) in [5.41, 5.74) is 12.2. The van der Waals surface area contributed by atoms with Crippen molar-refractivity contribution in [2.45, 2.75) is 26.3 Å². The van der Waals surface area contributed by atoms with Crippen molar-refractivity contribution in [3.05, 3.63) is 68.7 Å². The number of hydrogen-bond donors (Lipinski definition) is 1. The summed E-state index contributed by atoms with van der Waals surface area (Å²) in [6.07, 6.45) is 3.81. The minimum absolute atomic E-state index is 0.601. The molecule has 128 valence electrons. The van der Waals surface area contributed by atoms with Gasteiger partial charge in [0.15, 0.2) is 0 Å². The molecule has 0 radical (unpaired) electrons. The van der Waals surface area contributed by atoms with E-state index in [1.54, 1.807) is 0 Å². The number of nitriles is 1. The van der Waals surface area contributed by atoms with E-state index in [-0.39, 0.29) is 0 Å². The van der Waals surface area contributed by atoms with E-state index in [2.05, 4.69) is 29.8 Å². The van der Waals surface area contributed by atoms with Crippen molar-refractivity contribution in [2.75, 3.05) is 12.8 Å². The zero-order valence-electron chi connectivity index (χ0n) is 14.4. The van der Waals surface area contributed by atoms with E-state index in [4.69, 9.17) is 17.3 Å². The van der Waals surface area contributed by atoms with Gasteiger partial charge in [-0.2, -0.15) is 5.26 Å². The van der Waals surface area contributed by atoms with Crippen LogP contribution in [0.25, 0.3) is 5.57 Å². The van der Waals surface area contributed by atoms with Crippen molar-refractivity contribution in [3.63, 3.8) is 0 Å². The lowest BCUT2D eigenvalue weighted by Crippen LogP contribution is -2.13. The lowest BCUT2D eigenvalue weighted by atomic mass is 9.89. The maximum absolute atomic E-state index is 9.35. The van der Waals surface area contributed by atoms with Gasteiger partial charge in [-0.25, -0.2) is 0 Å². The molecule has 1 heterocycles. The van der Waals surface area contributed by atoms with Gasteiger partial charge in [-0.3, -0.25) is 0 Å². The standard InChI is InChI=1S/C20H20ClN3S/c1-12-4-6-15-16(9-22)20(23)25-19(15)17(12)11-24(3)10-14-5-7-18(21)13(2)8-14/h5,7-8,11H,1,4,6,10,23H2,2-3H3/b17-11+. The molecule has 0 amide bonds. The molecule has 0 atom stereocenters. The summed E-state index contributed by atoms with van der Waals surface area (Å²) in [7, 11) is 2.04. The Balaban J connectivity index is 1.91. The molecule has 0 bridgehead atoms. The molecule has 1 aliphatic carbocycles. The van der Waals surface area contributed by atoms with Crippen LogP contribution >= 0.6 is 22.9 Å². The minimum atomic E-state index is 0.601. The number of nitrogens with zero attached hydrogens (tertiary/aromatic N) is 2. The van der Waals surface area contributed by atoms with Crippen molar-refractivity contribution in [1.82, 2.24) is 4.90 Å². The van der Waals surface area contributed by atoms with Gasteiger partial charge in [-0.15, -0.1) is 11.3 Å². The molecule has 5 heteroatoms. The quantitative estimate of drug-likeness (QED) is 0.814. The fourth-order valence-corrected chi connectivity index (χ4v) is 4.39. The Morgan fingerprint density at radius 1 is 1.44 bits per heavy atom. The van der Waals surface area contributed by atoms with Gasteiger partial charge in [-0.05, 0) is 48.1 Å². The van der Waals surface area contributed by atoms with E-state index in [1.165, 1.54) is 16.9 Å². The molecule has 0 aliphatic heterocycles. The second-order valence-electron chi connectivity index (χ2n) is 6.41. The molecule has 1 aromatic carbocycles. The van der Waals surface area contributed by atoms with Gasteiger partial charge >= 0.3 is 0 Å². The van der Waals surface area contributed by atoms with Crippen LogP contribution < -0.4 is 5.73 Å². The second-order valence-corrected chi connectivity index (χ2v) is 7.87. The molecular formula is C20H20ClN3S. The molecule has 0 saturated heterocycles. The third-order valence-corrected chi connectivity index (χ3v) is 5.97. The third kappa shape index (κ3) is 3.44. The first-order chi connectivity index (χ1) is 11.9. The van der Waals surface area contributed by atoms with Crippen molar-refractivity contribution < 1.29 is 0 Å². The smallest absolute Gasteiger partial charge is 0.105 e. The first kappa shape index (κ1) is 17.6. The lowest BCUT2D eigenvalue weighted by Gasteiger charge is -2.22. The number of nitrogen functional groups attached to an aromatic ring is 1. The summed E-state index contributed by atoms with van der Waals surface area (Å²) in [5, 5.41) is 10.7. The van der Waals surface area contributed by atoms with Crippen LogP contribution in [0.2, 0.25) is 5.02 Å².